The number of hydrogen-bond acceptors (Lipinski definition) is 4. The molecule has 0 atom stereocenters. The molecular formula is C15H16F2N2OS2. The van der Waals surface area contributed by atoms with Gasteiger partial charge in [-0.3, -0.25) is 9.69 Å². The zero-order chi connectivity index (χ0) is 16.3. The van der Waals surface area contributed by atoms with Gasteiger partial charge < -0.3 is 4.90 Å². The third-order valence-electron chi connectivity index (χ3n) is 3.11. The molecule has 0 aliphatic carbocycles. The molecule has 0 aromatic heterocycles. The SMILES string of the molecule is CN(C)CCCN1C(=O)/C(=C\c2ccc(F)cc2F)SC1=S. The van der Waals surface area contributed by atoms with E-state index in [1.807, 2.05) is 19.0 Å². The van der Waals surface area contributed by atoms with Crippen LogP contribution in [0.1, 0.15) is 12.0 Å². The van der Waals surface area contributed by atoms with Crippen molar-refractivity contribution >= 4 is 40.3 Å². The molecule has 0 spiro atoms. The lowest BCUT2D eigenvalue weighted by Crippen LogP contribution is -2.30. The van der Waals surface area contributed by atoms with Gasteiger partial charge in [-0.05, 0) is 45.3 Å². The molecule has 1 heterocycles. The largest absolute Gasteiger partial charge is 0.309 e. The van der Waals surface area contributed by atoms with E-state index >= 15 is 0 Å². The van der Waals surface area contributed by atoms with Crippen molar-refractivity contribution in [1.29, 1.82) is 0 Å². The summed E-state index contributed by atoms with van der Waals surface area (Å²) in [5.41, 5.74) is 0.176. The van der Waals surface area contributed by atoms with Gasteiger partial charge in [0.2, 0.25) is 0 Å². The predicted octanol–water partition coefficient (Wildman–Crippen LogP) is 3.12. The van der Waals surface area contributed by atoms with E-state index in [0.29, 0.717) is 15.8 Å². The van der Waals surface area contributed by atoms with E-state index in [0.717, 1.165) is 36.9 Å². The Labute approximate surface area is 138 Å². The van der Waals surface area contributed by atoms with Gasteiger partial charge in [0.05, 0.1) is 4.91 Å². The Hall–Kier alpha value is -1.31. The summed E-state index contributed by atoms with van der Waals surface area (Å²) in [6.07, 6.45) is 2.22. The van der Waals surface area contributed by atoms with Crippen LogP contribution in [0.5, 0.6) is 0 Å². The Kier molecular flexibility index (Phi) is 5.66. The Morgan fingerprint density at radius 3 is 2.73 bits per heavy atom. The molecule has 1 aromatic rings. The van der Waals surface area contributed by atoms with Crippen LogP contribution in [0.3, 0.4) is 0 Å². The molecule has 22 heavy (non-hydrogen) atoms. The van der Waals surface area contributed by atoms with Gasteiger partial charge in [0.1, 0.15) is 16.0 Å². The van der Waals surface area contributed by atoms with Crippen molar-refractivity contribution in [1.82, 2.24) is 9.80 Å². The summed E-state index contributed by atoms with van der Waals surface area (Å²) in [6.45, 7) is 1.38. The summed E-state index contributed by atoms with van der Waals surface area (Å²) in [7, 11) is 3.92. The van der Waals surface area contributed by atoms with E-state index in [2.05, 4.69) is 0 Å². The first kappa shape index (κ1) is 17.1. The number of rotatable bonds is 5. The van der Waals surface area contributed by atoms with Crippen molar-refractivity contribution in [3.8, 4) is 0 Å². The summed E-state index contributed by atoms with van der Waals surface area (Å²) >= 11 is 6.35. The van der Waals surface area contributed by atoms with Crippen LogP contribution in [0.15, 0.2) is 23.1 Å². The van der Waals surface area contributed by atoms with Crippen LogP contribution in [-0.4, -0.2) is 47.2 Å². The fourth-order valence-corrected chi connectivity index (χ4v) is 3.30. The van der Waals surface area contributed by atoms with E-state index in [-0.39, 0.29) is 11.5 Å². The summed E-state index contributed by atoms with van der Waals surface area (Å²) in [4.78, 5) is 16.2. The molecule has 0 bridgehead atoms. The maximum Gasteiger partial charge on any atom is 0.266 e. The van der Waals surface area contributed by atoms with Gasteiger partial charge in [-0.15, -0.1) is 0 Å². The molecule has 1 aliphatic rings. The number of carbonyl (C=O) groups excluding carboxylic acids is 1. The number of hydrogen-bond donors (Lipinski definition) is 0. The van der Waals surface area contributed by atoms with Crippen LogP contribution >= 0.6 is 24.0 Å². The van der Waals surface area contributed by atoms with Crippen molar-refractivity contribution in [2.45, 2.75) is 6.42 Å². The van der Waals surface area contributed by atoms with Gasteiger partial charge in [0.15, 0.2) is 0 Å². The Bertz CT molecular complexity index is 632. The monoisotopic (exact) mass is 342 g/mol. The molecule has 1 aromatic carbocycles. The van der Waals surface area contributed by atoms with E-state index in [1.165, 1.54) is 17.0 Å². The first-order valence-electron chi connectivity index (χ1n) is 6.73. The zero-order valence-corrected chi connectivity index (χ0v) is 13.9. The standard InChI is InChI=1S/C15H16F2N2OS2/c1-18(2)6-3-7-19-14(20)13(22-15(19)21)8-10-4-5-11(16)9-12(10)17/h4-5,8-9H,3,6-7H2,1-2H3/b13-8+. The van der Waals surface area contributed by atoms with E-state index < -0.39 is 11.6 Å². The van der Waals surface area contributed by atoms with E-state index in [1.54, 1.807) is 0 Å². The van der Waals surface area contributed by atoms with Gasteiger partial charge >= 0.3 is 0 Å². The van der Waals surface area contributed by atoms with Crippen molar-refractivity contribution in [2.75, 3.05) is 27.2 Å². The molecule has 1 fully saturated rings. The maximum absolute atomic E-state index is 13.7. The molecule has 118 valence electrons. The highest BCUT2D eigenvalue weighted by Gasteiger charge is 2.31. The minimum absolute atomic E-state index is 0.176. The van der Waals surface area contributed by atoms with Gasteiger partial charge in [-0.25, -0.2) is 8.78 Å². The van der Waals surface area contributed by atoms with Gasteiger partial charge in [0.25, 0.3) is 5.91 Å². The van der Waals surface area contributed by atoms with Crippen molar-refractivity contribution in [3.05, 3.63) is 40.3 Å². The van der Waals surface area contributed by atoms with Crippen molar-refractivity contribution in [2.24, 2.45) is 0 Å². The van der Waals surface area contributed by atoms with E-state index in [9.17, 15) is 13.6 Å². The maximum atomic E-state index is 13.7. The quantitative estimate of drug-likeness (QED) is 0.606. The van der Waals surface area contributed by atoms with Crippen LogP contribution < -0.4 is 0 Å². The van der Waals surface area contributed by atoms with Crippen molar-refractivity contribution in [3.63, 3.8) is 0 Å². The average molecular weight is 342 g/mol. The minimum atomic E-state index is -0.696. The molecule has 1 saturated heterocycles. The summed E-state index contributed by atoms with van der Waals surface area (Å²) in [5.74, 6) is -1.57. The lowest BCUT2D eigenvalue weighted by molar-refractivity contribution is -0.122. The average Bonchev–Trinajstić information content (AvgIpc) is 2.69. The molecule has 0 radical (unpaired) electrons. The topological polar surface area (TPSA) is 23.6 Å². The van der Waals surface area contributed by atoms with Crippen molar-refractivity contribution < 1.29 is 13.6 Å². The second-order valence-electron chi connectivity index (χ2n) is 5.16. The van der Waals surface area contributed by atoms with Crippen LogP contribution in [0, 0.1) is 11.6 Å². The fraction of sp³-hybridized carbons (Fsp3) is 0.333. The molecule has 1 amide bonds. The number of halogens is 2. The minimum Gasteiger partial charge on any atom is -0.309 e. The third-order valence-corrected chi connectivity index (χ3v) is 4.49. The number of benzene rings is 1. The summed E-state index contributed by atoms with van der Waals surface area (Å²) in [5, 5.41) is 0. The van der Waals surface area contributed by atoms with E-state index in [4.69, 9.17) is 12.2 Å². The number of thiocarbonyl (C=S) groups is 1. The second-order valence-corrected chi connectivity index (χ2v) is 6.83. The Balaban J connectivity index is 2.11. The molecule has 3 nitrogen and oxygen atoms in total. The summed E-state index contributed by atoms with van der Waals surface area (Å²) < 4.78 is 27.0. The lowest BCUT2D eigenvalue weighted by Gasteiger charge is -2.16. The lowest BCUT2D eigenvalue weighted by atomic mass is 10.2. The third kappa shape index (κ3) is 4.12. The molecular weight excluding hydrogens is 326 g/mol. The predicted molar refractivity (Wildman–Crippen MR) is 89.4 cm³/mol. The number of nitrogens with zero attached hydrogens (tertiary/aromatic N) is 2. The fourth-order valence-electron chi connectivity index (χ4n) is 2.00. The molecule has 7 heteroatoms. The normalized spacial score (nSPS) is 17.1. The Morgan fingerprint density at radius 2 is 2.09 bits per heavy atom. The van der Waals surface area contributed by atoms with Gasteiger partial charge in [0, 0.05) is 18.2 Å². The van der Waals surface area contributed by atoms with Crippen LogP contribution in [0.25, 0.3) is 6.08 Å². The van der Waals surface area contributed by atoms with Gasteiger partial charge in [-0.2, -0.15) is 0 Å². The second kappa shape index (κ2) is 7.30. The number of thioether (sulfide) groups is 1. The van der Waals surface area contributed by atoms with Crippen LogP contribution in [0.2, 0.25) is 0 Å². The van der Waals surface area contributed by atoms with Crippen LogP contribution in [0.4, 0.5) is 8.78 Å². The molecule has 0 saturated carbocycles. The number of carbonyl (C=O) groups is 1. The number of amides is 1. The summed E-state index contributed by atoms with van der Waals surface area (Å²) in [6, 6.07) is 3.26. The highest BCUT2D eigenvalue weighted by molar-refractivity contribution is 8.26. The smallest absolute Gasteiger partial charge is 0.266 e. The highest BCUT2D eigenvalue weighted by atomic mass is 32.2. The molecule has 1 aliphatic heterocycles. The first-order chi connectivity index (χ1) is 10.4. The molecule has 2 rings (SSSR count). The Morgan fingerprint density at radius 1 is 1.36 bits per heavy atom. The molecule has 0 unspecified atom stereocenters. The van der Waals surface area contributed by atoms with Gasteiger partial charge in [-0.1, -0.05) is 24.0 Å². The highest BCUT2D eigenvalue weighted by Crippen LogP contribution is 2.33. The zero-order valence-electron chi connectivity index (χ0n) is 12.3. The molecule has 0 N–H and O–H groups in total. The van der Waals surface area contributed by atoms with Crippen LogP contribution in [-0.2, 0) is 4.79 Å². The first-order valence-corrected chi connectivity index (χ1v) is 7.96.